The van der Waals surface area contributed by atoms with Gasteiger partial charge in [0, 0.05) is 18.9 Å². The number of nitrogens with zero attached hydrogens (tertiary/aromatic N) is 1. The Balaban J connectivity index is 2.36. The molecule has 100 valence electrons. The van der Waals surface area contributed by atoms with E-state index in [1.54, 1.807) is 30.3 Å². The number of carboxylic acids is 1. The Labute approximate surface area is 106 Å². The fourth-order valence-corrected chi connectivity index (χ4v) is 1.79. The molecular weight excluding hydrogens is 259 g/mol. The summed E-state index contributed by atoms with van der Waals surface area (Å²) in [7, 11) is 0. The van der Waals surface area contributed by atoms with Gasteiger partial charge in [0.05, 0.1) is 11.1 Å². The molecule has 0 saturated heterocycles. The molecule has 3 nitrogen and oxygen atoms in total. The van der Waals surface area contributed by atoms with Crippen molar-refractivity contribution < 1.29 is 23.1 Å². The molecule has 2 rings (SSSR count). The van der Waals surface area contributed by atoms with Crippen molar-refractivity contribution in [1.29, 1.82) is 0 Å². The van der Waals surface area contributed by atoms with E-state index in [1.807, 2.05) is 0 Å². The molecule has 1 aromatic carbocycles. The second-order valence-electron chi connectivity index (χ2n) is 4.05. The monoisotopic (exact) mass is 269 g/mol. The normalized spacial score (nSPS) is 11.5. The van der Waals surface area contributed by atoms with Crippen molar-refractivity contribution >= 4 is 5.97 Å². The zero-order valence-electron chi connectivity index (χ0n) is 9.69. The molecule has 0 fully saturated rings. The van der Waals surface area contributed by atoms with E-state index in [4.69, 9.17) is 5.11 Å². The molecule has 0 saturated carbocycles. The molecule has 0 amide bonds. The van der Waals surface area contributed by atoms with Gasteiger partial charge in [0.1, 0.15) is 0 Å². The van der Waals surface area contributed by atoms with Crippen LogP contribution in [-0.2, 0) is 12.7 Å². The van der Waals surface area contributed by atoms with Gasteiger partial charge in [-0.3, -0.25) is 0 Å². The Kier molecular flexibility index (Phi) is 3.33. The molecule has 0 aliphatic rings. The average Bonchev–Trinajstić information content (AvgIpc) is 2.74. The summed E-state index contributed by atoms with van der Waals surface area (Å²) < 4.78 is 39.3. The van der Waals surface area contributed by atoms with E-state index in [0.717, 1.165) is 18.0 Å². The number of aromatic nitrogens is 1. The van der Waals surface area contributed by atoms with E-state index < -0.39 is 23.3 Å². The lowest BCUT2D eigenvalue weighted by molar-refractivity contribution is -0.138. The average molecular weight is 269 g/mol. The largest absolute Gasteiger partial charge is 0.478 e. The summed E-state index contributed by atoms with van der Waals surface area (Å²) in [4.78, 5) is 10.8. The van der Waals surface area contributed by atoms with Crippen molar-refractivity contribution in [3.8, 4) is 0 Å². The van der Waals surface area contributed by atoms with Gasteiger partial charge in [-0.25, -0.2) is 4.79 Å². The van der Waals surface area contributed by atoms with E-state index in [9.17, 15) is 18.0 Å². The third-order valence-corrected chi connectivity index (χ3v) is 2.62. The summed E-state index contributed by atoms with van der Waals surface area (Å²) >= 11 is 0. The van der Waals surface area contributed by atoms with Crippen LogP contribution in [0, 0.1) is 0 Å². The Morgan fingerprint density at radius 1 is 1.16 bits per heavy atom. The maximum Gasteiger partial charge on any atom is 0.418 e. The molecule has 1 heterocycles. The summed E-state index contributed by atoms with van der Waals surface area (Å²) in [5, 5.41) is 8.80. The number of benzene rings is 1. The van der Waals surface area contributed by atoms with E-state index in [0.29, 0.717) is 0 Å². The van der Waals surface area contributed by atoms with Crippen LogP contribution in [0.4, 0.5) is 13.2 Å². The van der Waals surface area contributed by atoms with Gasteiger partial charge < -0.3 is 9.67 Å². The number of hydrogen-bond donors (Lipinski definition) is 1. The molecule has 0 radical (unpaired) electrons. The van der Waals surface area contributed by atoms with Crippen molar-refractivity contribution in [2.45, 2.75) is 12.7 Å². The highest BCUT2D eigenvalue weighted by atomic mass is 19.4. The quantitative estimate of drug-likeness (QED) is 0.929. The first-order valence-electron chi connectivity index (χ1n) is 5.42. The highest BCUT2D eigenvalue weighted by Gasteiger charge is 2.36. The van der Waals surface area contributed by atoms with Crippen LogP contribution in [0.3, 0.4) is 0 Å². The minimum absolute atomic E-state index is 0.192. The first-order valence-corrected chi connectivity index (χ1v) is 5.42. The molecular formula is C13H10F3NO2. The first kappa shape index (κ1) is 13.2. The highest BCUT2D eigenvalue weighted by Crippen LogP contribution is 2.32. The maximum atomic E-state index is 12.7. The predicted octanol–water partition coefficient (Wildman–Crippen LogP) is 3.25. The van der Waals surface area contributed by atoms with Crippen LogP contribution in [0.5, 0.6) is 0 Å². The van der Waals surface area contributed by atoms with Crippen LogP contribution < -0.4 is 0 Å². The van der Waals surface area contributed by atoms with E-state index in [-0.39, 0.29) is 6.54 Å². The van der Waals surface area contributed by atoms with E-state index in [2.05, 4.69) is 0 Å². The van der Waals surface area contributed by atoms with Crippen molar-refractivity contribution in [3.05, 3.63) is 59.4 Å². The summed E-state index contributed by atoms with van der Waals surface area (Å²) in [5.41, 5.74) is -1.07. The fraction of sp³-hybridized carbons (Fsp3) is 0.154. The van der Waals surface area contributed by atoms with Gasteiger partial charge in [0.2, 0.25) is 0 Å². The van der Waals surface area contributed by atoms with Gasteiger partial charge in [0.25, 0.3) is 0 Å². The Morgan fingerprint density at radius 3 is 2.26 bits per heavy atom. The summed E-state index contributed by atoms with van der Waals surface area (Å²) in [6, 6.07) is 8.84. The molecule has 19 heavy (non-hydrogen) atoms. The van der Waals surface area contributed by atoms with Crippen molar-refractivity contribution in [2.75, 3.05) is 0 Å². The lowest BCUT2D eigenvalue weighted by Crippen LogP contribution is -2.09. The maximum absolute atomic E-state index is 12.7. The Hall–Kier alpha value is -2.24. The first-order chi connectivity index (χ1) is 8.88. The molecule has 0 unspecified atom stereocenters. The number of alkyl halides is 3. The Bertz CT molecular complexity index is 588. The van der Waals surface area contributed by atoms with E-state index in [1.165, 1.54) is 4.57 Å². The van der Waals surface area contributed by atoms with Gasteiger partial charge in [-0.2, -0.15) is 13.2 Å². The molecule has 0 aliphatic heterocycles. The van der Waals surface area contributed by atoms with Crippen molar-refractivity contribution in [3.63, 3.8) is 0 Å². The van der Waals surface area contributed by atoms with Crippen LogP contribution in [0.2, 0.25) is 0 Å². The number of hydrogen-bond acceptors (Lipinski definition) is 1. The second-order valence-corrected chi connectivity index (χ2v) is 4.05. The summed E-state index contributed by atoms with van der Waals surface area (Å²) in [6.45, 7) is 0.192. The number of carboxylic acid groups (broad SMARTS) is 1. The third-order valence-electron chi connectivity index (χ3n) is 2.62. The number of aromatic carboxylic acids is 1. The van der Waals surface area contributed by atoms with Crippen LogP contribution in [0.15, 0.2) is 42.7 Å². The standard InChI is InChI=1S/C13H10F3NO2/c14-13(15,16)11-8-17(7-10(11)12(18)19)6-9-4-2-1-3-5-9/h1-5,7-8H,6H2,(H,18,19). The van der Waals surface area contributed by atoms with E-state index >= 15 is 0 Å². The summed E-state index contributed by atoms with van der Waals surface area (Å²) in [5.74, 6) is -1.58. The van der Waals surface area contributed by atoms with Crippen molar-refractivity contribution in [2.24, 2.45) is 0 Å². The number of halogens is 3. The van der Waals surface area contributed by atoms with Gasteiger partial charge >= 0.3 is 12.1 Å². The highest BCUT2D eigenvalue weighted by molar-refractivity contribution is 5.89. The lowest BCUT2D eigenvalue weighted by Gasteiger charge is -2.04. The molecule has 0 spiro atoms. The van der Waals surface area contributed by atoms with Crippen LogP contribution in [-0.4, -0.2) is 15.6 Å². The zero-order chi connectivity index (χ0) is 14.0. The molecule has 1 aromatic heterocycles. The molecule has 1 N–H and O–H groups in total. The Morgan fingerprint density at radius 2 is 1.79 bits per heavy atom. The lowest BCUT2D eigenvalue weighted by atomic mass is 10.2. The van der Waals surface area contributed by atoms with Gasteiger partial charge in [0.15, 0.2) is 0 Å². The predicted molar refractivity (Wildman–Crippen MR) is 61.9 cm³/mol. The molecule has 0 bridgehead atoms. The third kappa shape index (κ3) is 2.96. The second kappa shape index (κ2) is 4.79. The molecule has 0 aliphatic carbocycles. The van der Waals surface area contributed by atoms with Crippen LogP contribution in [0.1, 0.15) is 21.5 Å². The smallest absolute Gasteiger partial charge is 0.418 e. The minimum Gasteiger partial charge on any atom is -0.478 e. The van der Waals surface area contributed by atoms with Gasteiger partial charge in [-0.05, 0) is 5.56 Å². The van der Waals surface area contributed by atoms with Gasteiger partial charge in [-0.1, -0.05) is 30.3 Å². The number of rotatable bonds is 3. The molecule has 2 aromatic rings. The topological polar surface area (TPSA) is 42.2 Å². The minimum atomic E-state index is -4.67. The molecule has 0 atom stereocenters. The fourth-order valence-electron chi connectivity index (χ4n) is 1.79. The van der Waals surface area contributed by atoms with Gasteiger partial charge in [-0.15, -0.1) is 0 Å². The summed E-state index contributed by atoms with van der Waals surface area (Å²) in [6.07, 6.45) is -2.86. The van der Waals surface area contributed by atoms with Crippen LogP contribution in [0.25, 0.3) is 0 Å². The van der Waals surface area contributed by atoms with Crippen LogP contribution >= 0.6 is 0 Å². The number of carbonyl (C=O) groups is 1. The zero-order valence-corrected chi connectivity index (χ0v) is 9.69. The van der Waals surface area contributed by atoms with Crippen molar-refractivity contribution in [1.82, 2.24) is 4.57 Å². The molecule has 6 heteroatoms. The SMILES string of the molecule is O=C(O)c1cn(Cc2ccccc2)cc1C(F)(F)F.